The van der Waals surface area contributed by atoms with Crippen LogP contribution in [-0.4, -0.2) is 22.8 Å². The minimum Gasteiger partial charge on any atom is -0.508 e. The zero-order valence-electron chi connectivity index (χ0n) is 15.9. The van der Waals surface area contributed by atoms with Crippen LogP contribution in [0.25, 0.3) is 0 Å². The summed E-state index contributed by atoms with van der Waals surface area (Å²) in [5.74, 6) is 1.21. The summed E-state index contributed by atoms with van der Waals surface area (Å²) >= 11 is 0. The van der Waals surface area contributed by atoms with Gasteiger partial charge in [-0.15, -0.1) is 0 Å². The van der Waals surface area contributed by atoms with Crippen LogP contribution >= 0.6 is 0 Å². The molecule has 0 amide bonds. The van der Waals surface area contributed by atoms with Crippen molar-refractivity contribution in [2.45, 2.75) is 32.6 Å². The van der Waals surface area contributed by atoms with Crippen molar-refractivity contribution >= 4 is 5.97 Å². The normalized spacial score (nSPS) is 24.0. The number of ether oxygens (including phenoxy) is 1. The van der Waals surface area contributed by atoms with Gasteiger partial charge in [0.25, 0.3) is 0 Å². The molecule has 28 heavy (non-hydrogen) atoms. The maximum Gasteiger partial charge on any atom is 0.371 e. The summed E-state index contributed by atoms with van der Waals surface area (Å²) in [6.07, 6.45) is 3.33. The Labute approximate surface area is 164 Å². The fraction of sp³-hybridized carbons (Fsp3) is 0.455. The van der Waals surface area contributed by atoms with Gasteiger partial charge in [-0.05, 0) is 55.4 Å². The van der Waals surface area contributed by atoms with Crippen molar-refractivity contribution in [3.63, 3.8) is 0 Å². The fourth-order valence-corrected chi connectivity index (χ4v) is 4.26. The number of phenols is 1. The Hall–Kier alpha value is -2.94. The number of nitriles is 1. The number of benzene rings is 1. The topological polar surface area (TPSA) is 104 Å². The Bertz CT molecular complexity index is 853. The van der Waals surface area contributed by atoms with E-state index < -0.39 is 5.97 Å². The molecule has 0 aliphatic heterocycles. The van der Waals surface area contributed by atoms with Gasteiger partial charge in [-0.2, -0.15) is 5.26 Å². The molecule has 148 valence electrons. The molecule has 2 unspecified atom stereocenters. The molecule has 1 saturated carbocycles. The molecule has 3 rings (SSSR count). The first-order valence-corrected chi connectivity index (χ1v) is 9.61. The summed E-state index contributed by atoms with van der Waals surface area (Å²) in [4.78, 5) is 10.9. The van der Waals surface area contributed by atoms with Crippen molar-refractivity contribution in [3.05, 3.63) is 47.9 Å². The zero-order chi connectivity index (χ0) is 20.1. The number of rotatable bonds is 8. The van der Waals surface area contributed by atoms with Crippen LogP contribution in [0, 0.1) is 35.0 Å². The summed E-state index contributed by atoms with van der Waals surface area (Å²) in [5, 5.41) is 28.1. The van der Waals surface area contributed by atoms with E-state index in [0.29, 0.717) is 36.4 Å². The minimum atomic E-state index is -1.06. The first-order chi connectivity index (χ1) is 13.5. The third-order valence-corrected chi connectivity index (χ3v) is 5.68. The summed E-state index contributed by atoms with van der Waals surface area (Å²) in [6, 6.07) is 12.3. The number of hydrogen-bond acceptors (Lipinski definition) is 5. The molecule has 6 nitrogen and oxygen atoms in total. The molecule has 6 heteroatoms. The molecule has 1 aromatic carbocycles. The average Bonchev–Trinajstić information content (AvgIpc) is 3.25. The Kier molecular flexibility index (Phi) is 6.25. The predicted octanol–water partition coefficient (Wildman–Crippen LogP) is 4.50. The average molecular weight is 383 g/mol. The number of aromatic carboxylic acids is 1. The molecule has 1 fully saturated rings. The Morgan fingerprint density at radius 2 is 2.14 bits per heavy atom. The van der Waals surface area contributed by atoms with E-state index in [2.05, 4.69) is 13.0 Å². The van der Waals surface area contributed by atoms with Crippen LogP contribution in [0.2, 0.25) is 0 Å². The van der Waals surface area contributed by atoms with Gasteiger partial charge in [0.05, 0.1) is 18.6 Å². The van der Waals surface area contributed by atoms with Crippen LogP contribution in [0.15, 0.2) is 40.8 Å². The van der Waals surface area contributed by atoms with Gasteiger partial charge in [-0.1, -0.05) is 13.0 Å². The lowest BCUT2D eigenvalue weighted by atomic mass is 9.84. The number of carboxylic acid groups (broad SMARTS) is 1. The highest BCUT2D eigenvalue weighted by Gasteiger charge is 2.41. The summed E-state index contributed by atoms with van der Waals surface area (Å²) in [5.41, 5.74) is 0. The molecule has 4 atom stereocenters. The van der Waals surface area contributed by atoms with Crippen molar-refractivity contribution in [2.75, 3.05) is 6.61 Å². The largest absolute Gasteiger partial charge is 0.508 e. The molecule has 0 bridgehead atoms. The maximum atomic E-state index is 10.9. The Balaban J connectivity index is 1.58. The fourth-order valence-electron chi connectivity index (χ4n) is 4.26. The SMILES string of the molecule is CC1CC(C#N)[C@H](COc2cccc(O)c2)[C@H]1CCCc1ccc(C(=O)O)o1. The molecule has 0 spiro atoms. The van der Waals surface area contributed by atoms with Gasteiger partial charge in [0.1, 0.15) is 17.3 Å². The first-order valence-electron chi connectivity index (χ1n) is 9.61. The maximum absolute atomic E-state index is 10.9. The van der Waals surface area contributed by atoms with E-state index in [1.807, 2.05) is 0 Å². The quantitative estimate of drug-likeness (QED) is 0.696. The van der Waals surface area contributed by atoms with E-state index in [-0.39, 0.29) is 23.3 Å². The number of aromatic hydroxyl groups is 1. The van der Waals surface area contributed by atoms with Crippen LogP contribution in [0.5, 0.6) is 11.5 Å². The van der Waals surface area contributed by atoms with Gasteiger partial charge < -0.3 is 19.4 Å². The Morgan fingerprint density at radius 3 is 2.82 bits per heavy atom. The monoisotopic (exact) mass is 383 g/mol. The summed E-state index contributed by atoms with van der Waals surface area (Å²) in [6.45, 7) is 2.62. The number of carbonyl (C=O) groups is 1. The van der Waals surface area contributed by atoms with Gasteiger partial charge in [0.2, 0.25) is 5.76 Å². The molecule has 1 aromatic heterocycles. The van der Waals surface area contributed by atoms with Crippen LogP contribution in [0.4, 0.5) is 0 Å². The highest BCUT2D eigenvalue weighted by Crippen LogP contribution is 2.44. The second-order valence-electron chi connectivity index (χ2n) is 7.55. The molecule has 1 heterocycles. The minimum absolute atomic E-state index is 0.0360. The third kappa shape index (κ3) is 4.66. The Morgan fingerprint density at radius 1 is 1.32 bits per heavy atom. The molecular weight excluding hydrogens is 358 g/mol. The predicted molar refractivity (Wildman–Crippen MR) is 102 cm³/mol. The van der Waals surface area contributed by atoms with E-state index in [0.717, 1.165) is 19.3 Å². The molecule has 2 N–H and O–H groups in total. The molecule has 0 radical (unpaired) electrons. The number of furan rings is 1. The van der Waals surface area contributed by atoms with Crippen LogP contribution in [0.1, 0.15) is 42.5 Å². The lowest BCUT2D eigenvalue weighted by Crippen LogP contribution is -2.23. The number of carboxylic acids is 1. The number of phenolic OH excluding ortho intramolecular Hbond substituents is 1. The van der Waals surface area contributed by atoms with Crippen LogP contribution in [0.3, 0.4) is 0 Å². The van der Waals surface area contributed by atoms with Crippen molar-refractivity contribution in [2.24, 2.45) is 23.7 Å². The first kappa shape index (κ1) is 19.8. The van der Waals surface area contributed by atoms with Gasteiger partial charge in [-0.25, -0.2) is 4.79 Å². The molecule has 2 aromatic rings. The van der Waals surface area contributed by atoms with E-state index in [9.17, 15) is 15.2 Å². The van der Waals surface area contributed by atoms with E-state index in [1.165, 1.54) is 6.07 Å². The highest BCUT2D eigenvalue weighted by atomic mass is 16.5. The van der Waals surface area contributed by atoms with Crippen molar-refractivity contribution < 1.29 is 24.2 Å². The lowest BCUT2D eigenvalue weighted by Gasteiger charge is -2.24. The lowest BCUT2D eigenvalue weighted by molar-refractivity contribution is 0.0660. The summed E-state index contributed by atoms with van der Waals surface area (Å²) < 4.78 is 11.2. The van der Waals surface area contributed by atoms with E-state index in [1.54, 1.807) is 30.3 Å². The molecule has 1 aliphatic rings. The second-order valence-corrected chi connectivity index (χ2v) is 7.55. The van der Waals surface area contributed by atoms with Crippen LogP contribution < -0.4 is 4.74 Å². The second kappa shape index (κ2) is 8.83. The van der Waals surface area contributed by atoms with Gasteiger partial charge in [-0.3, -0.25) is 0 Å². The van der Waals surface area contributed by atoms with Gasteiger partial charge in [0.15, 0.2) is 0 Å². The van der Waals surface area contributed by atoms with Crippen molar-refractivity contribution in [3.8, 4) is 17.6 Å². The smallest absolute Gasteiger partial charge is 0.371 e. The van der Waals surface area contributed by atoms with Crippen molar-refractivity contribution in [1.82, 2.24) is 0 Å². The molecule has 0 saturated heterocycles. The summed E-state index contributed by atoms with van der Waals surface area (Å²) in [7, 11) is 0. The third-order valence-electron chi connectivity index (χ3n) is 5.68. The zero-order valence-corrected chi connectivity index (χ0v) is 15.9. The highest BCUT2D eigenvalue weighted by molar-refractivity contribution is 5.84. The van der Waals surface area contributed by atoms with Crippen LogP contribution in [-0.2, 0) is 6.42 Å². The standard InChI is InChI=1S/C22H25NO5/c1-14-10-15(12-23)20(13-27-18-6-2-4-16(24)11-18)19(14)7-3-5-17-8-9-21(28-17)22(25)26/h2,4,6,8-9,11,14-15,19-20,24H,3,5,7,10,13H2,1H3,(H,25,26)/t14?,15?,19-,20-/m0/s1. The molecule has 1 aliphatic carbocycles. The molecular formula is C22H25NO5. The van der Waals surface area contributed by atoms with Gasteiger partial charge in [0, 0.05) is 18.4 Å². The van der Waals surface area contributed by atoms with Crippen molar-refractivity contribution in [1.29, 1.82) is 5.26 Å². The van der Waals surface area contributed by atoms with Gasteiger partial charge >= 0.3 is 5.97 Å². The van der Waals surface area contributed by atoms with E-state index in [4.69, 9.17) is 14.3 Å². The number of hydrogen-bond donors (Lipinski definition) is 2. The number of aryl methyl sites for hydroxylation is 1. The van der Waals surface area contributed by atoms with E-state index >= 15 is 0 Å². The number of nitrogens with zero attached hydrogens (tertiary/aromatic N) is 1.